The molecular weight excluding hydrogens is 658 g/mol. The van der Waals surface area contributed by atoms with E-state index in [1.807, 2.05) is 69.7 Å². The maximum atomic E-state index is 13.7. The minimum atomic E-state index is -1.51. The quantitative estimate of drug-likeness (QED) is 0.128. The van der Waals surface area contributed by atoms with Crippen LogP contribution in [0.3, 0.4) is 0 Å². The van der Waals surface area contributed by atoms with Crippen LogP contribution in [0.4, 0.5) is 10.6 Å². The molecule has 3 amide bonds. The molecular formula is C39H51N9O4. The Labute approximate surface area is 305 Å². The number of carbonyl (C=O) groups is 3. The predicted molar refractivity (Wildman–Crippen MR) is 201 cm³/mol. The molecule has 0 spiro atoms. The van der Waals surface area contributed by atoms with Crippen molar-refractivity contribution < 1.29 is 19.1 Å². The first-order valence-electron chi connectivity index (χ1n) is 17.7. The number of aromatic nitrogens is 5. The fourth-order valence-electron chi connectivity index (χ4n) is 6.44. The number of aldehydes is 1. The maximum Gasteiger partial charge on any atom is 0.321 e. The zero-order valence-corrected chi connectivity index (χ0v) is 31.9. The van der Waals surface area contributed by atoms with Gasteiger partial charge in [0.05, 0.1) is 11.9 Å². The number of hydrogen-bond donors (Lipinski definition) is 3. The van der Waals surface area contributed by atoms with Gasteiger partial charge in [-0.1, -0.05) is 79.7 Å². The second-order valence-corrected chi connectivity index (χ2v) is 15.6. The van der Waals surface area contributed by atoms with E-state index in [-0.39, 0.29) is 22.6 Å². The van der Waals surface area contributed by atoms with Crippen LogP contribution >= 0.6 is 0 Å². The monoisotopic (exact) mass is 709 g/mol. The summed E-state index contributed by atoms with van der Waals surface area (Å²) in [5, 5.41) is 17.3. The van der Waals surface area contributed by atoms with Gasteiger partial charge in [-0.25, -0.2) is 14.8 Å². The third-order valence-electron chi connectivity index (χ3n) is 9.84. The smallest absolute Gasteiger partial charge is 0.321 e. The van der Waals surface area contributed by atoms with Gasteiger partial charge in [-0.3, -0.25) is 19.3 Å². The molecule has 3 aromatic heterocycles. The van der Waals surface area contributed by atoms with Gasteiger partial charge in [0, 0.05) is 34.5 Å². The number of ether oxygens (including phenoxy) is 1. The number of anilines is 1. The molecule has 3 heterocycles. The van der Waals surface area contributed by atoms with Crippen molar-refractivity contribution in [2.24, 2.45) is 0 Å². The number of nitrogens with one attached hydrogen (secondary N) is 3. The summed E-state index contributed by atoms with van der Waals surface area (Å²) in [6.07, 6.45) is 7.05. The number of carbonyl (C=O) groups excluding carboxylic acids is 3. The minimum absolute atomic E-state index is 0.0603. The lowest BCUT2D eigenvalue weighted by Gasteiger charge is -2.38. The average Bonchev–Trinajstić information content (AvgIpc) is 3.53. The number of amides is 3. The SMILES string of the molecule is CCC(CC)(CNC(=O)c1nc(NC(=O)N[C@@]2(C=O)C=C[C@@H](Oc3ccc4nnc(C(C)(C)C)n4c3)c3ccccc32)cc(C(C)(C)C)n1)N(C)C. The predicted octanol–water partition coefficient (Wildman–Crippen LogP) is 5.87. The van der Waals surface area contributed by atoms with E-state index in [2.05, 4.69) is 75.6 Å². The first-order valence-corrected chi connectivity index (χ1v) is 17.7. The molecule has 5 rings (SSSR count). The Morgan fingerprint density at radius 3 is 2.33 bits per heavy atom. The Hall–Kier alpha value is -5.17. The highest BCUT2D eigenvalue weighted by atomic mass is 16.5. The lowest BCUT2D eigenvalue weighted by Crippen LogP contribution is -2.52. The molecule has 0 aliphatic heterocycles. The van der Waals surface area contributed by atoms with Gasteiger partial charge in [0.1, 0.15) is 29.0 Å². The first kappa shape index (κ1) is 38.1. The number of fused-ring (bicyclic) bond motifs is 2. The molecule has 0 bridgehead atoms. The number of benzene rings is 1. The molecule has 0 radical (unpaired) electrons. The highest BCUT2D eigenvalue weighted by Gasteiger charge is 2.39. The van der Waals surface area contributed by atoms with Crippen LogP contribution in [-0.2, 0) is 21.2 Å². The zero-order valence-electron chi connectivity index (χ0n) is 31.9. The van der Waals surface area contributed by atoms with Gasteiger partial charge >= 0.3 is 6.03 Å². The third kappa shape index (κ3) is 7.69. The van der Waals surface area contributed by atoms with Crippen LogP contribution in [0.2, 0.25) is 0 Å². The van der Waals surface area contributed by atoms with Gasteiger partial charge in [-0.15, -0.1) is 10.2 Å². The Kier molecular flexibility index (Phi) is 10.6. The summed E-state index contributed by atoms with van der Waals surface area (Å²) in [5.41, 5.74) is 0.121. The largest absolute Gasteiger partial charge is 0.480 e. The molecule has 0 unspecified atom stereocenters. The molecule has 1 aliphatic rings. The molecule has 2 atom stereocenters. The molecule has 0 saturated heterocycles. The number of rotatable bonds is 11. The average molecular weight is 710 g/mol. The Balaban J connectivity index is 1.39. The van der Waals surface area contributed by atoms with Gasteiger partial charge < -0.3 is 20.3 Å². The van der Waals surface area contributed by atoms with Crippen molar-refractivity contribution in [2.45, 2.75) is 96.2 Å². The Morgan fingerprint density at radius 2 is 1.69 bits per heavy atom. The fraction of sp³-hybridized carbons (Fsp3) is 0.462. The van der Waals surface area contributed by atoms with Crippen molar-refractivity contribution in [1.29, 1.82) is 0 Å². The lowest BCUT2D eigenvalue weighted by molar-refractivity contribution is -0.111. The summed E-state index contributed by atoms with van der Waals surface area (Å²) in [7, 11) is 4.00. The summed E-state index contributed by atoms with van der Waals surface area (Å²) < 4.78 is 8.36. The van der Waals surface area contributed by atoms with Crippen molar-refractivity contribution in [2.75, 3.05) is 26.0 Å². The number of likely N-dealkylation sites (N-methyl/N-ethyl adjacent to an activating group) is 1. The second kappa shape index (κ2) is 14.5. The summed E-state index contributed by atoms with van der Waals surface area (Å²) >= 11 is 0. The van der Waals surface area contributed by atoms with Gasteiger partial charge in [-0.05, 0) is 56.8 Å². The molecule has 0 fully saturated rings. The van der Waals surface area contributed by atoms with Crippen molar-refractivity contribution in [3.63, 3.8) is 0 Å². The van der Waals surface area contributed by atoms with Gasteiger partial charge in [0.15, 0.2) is 11.9 Å². The van der Waals surface area contributed by atoms with Gasteiger partial charge in [0.25, 0.3) is 5.91 Å². The van der Waals surface area contributed by atoms with Crippen LogP contribution in [0.15, 0.2) is 60.8 Å². The van der Waals surface area contributed by atoms with Crippen LogP contribution < -0.4 is 20.7 Å². The normalized spacial score (nSPS) is 17.5. The maximum absolute atomic E-state index is 13.7. The first-order chi connectivity index (χ1) is 24.4. The Bertz CT molecular complexity index is 1990. The summed E-state index contributed by atoms with van der Waals surface area (Å²) in [6.45, 7) is 16.7. The summed E-state index contributed by atoms with van der Waals surface area (Å²) in [5.74, 6) is 1.01. The molecule has 1 aliphatic carbocycles. The van der Waals surface area contributed by atoms with Gasteiger partial charge in [-0.2, -0.15) is 0 Å². The number of urea groups is 1. The lowest BCUT2D eigenvalue weighted by atomic mass is 9.81. The van der Waals surface area contributed by atoms with Crippen molar-refractivity contribution in [3.8, 4) is 5.75 Å². The topological polar surface area (TPSA) is 156 Å². The Morgan fingerprint density at radius 1 is 0.981 bits per heavy atom. The van der Waals surface area contributed by atoms with Crippen LogP contribution in [0, 0.1) is 0 Å². The molecule has 13 nitrogen and oxygen atoms in total. The highest BCUT2D eigenvalue weighted by molar-refractivity contribution is 5.94. The van der Waals surface area contributed by atoms with E-state index < -0.39 is 29.0 Å². The van der Waals surface area contributed by atoms with E-state index >= 15 is 0 Å². The van der Waals surface area contributed by atoms with Crippen LogP contribution in [0.5, 0.6) is 5.75 Å². The standard InChI is InChI=1S/C39H51N9O4/c1-11-38(12-2,47(9)10)23-40-33(50)32-41-29(36(3,4)5)21-30(42-32)43-35(51)44-39(24-49)20-19-28(26-15-13-14-16-27(26)39)52-25-17-18-31-45-46-34(37(6,7)8)48(31)22-25/h13-22,24,28H,11-12,23H2,1-10H3,(H,40,50)(H2,41,42,43,44,51)/t28-,39-/m1/s1. The highest BCUT2D eigenvalue weighted by Crippen LogP contribution is 2.37. The van der Waals surface area contributed by atoms with Gasteiger partial charge in [0.2, 0.25) is 5.82 Å². The third-order valence-corrected chi connectivity index (χ3v) is 9.84. The molecule has 52 heavy (non-hydrogen) atoms. The summed E-state index contributed by atoms with van der Waals surface area (Å²) in [6, 6.07) is 11.9. The van der Waals surface area contributed by atoms with Crippen LogP contribution in [0.1, 0.15) is 108 Å². The molecule has 4 aromatic rings. The van der Waals surface area contributed by atoms with Crippen molar-refractivity contribution >= 4 is 29.7 Å². The van der Waals surface area contributed by atoms with Crippen molar-refractivity contribution in [1.82, 2.24) is 40.1 Å². The molecule has 13 heteroatoms. The van der Waals surface area contributed by atoms with Crippen LogP contribution in [-0.4, -0.2) is 73.9 Å². The molecule has 0 saturated carbocycles. The zero-order chi connectivity index (χ0) is 38.1. The van der Waals surface area contributed by atoms with E-state index in [4.69, 9.17) is 4.74 Å². The van der Waals surface area contributed by atoms with E-state index in [1.54, 1.807) is 30.4 Å². The molecule has 1 aromatic carbocycles. The van der Waals surface area contributed by atoms with E-state index in [0.717, 1.165) is 18.7 Å². The van der Waals surface area contributed by atoms with E-state index in [0.29, 0.717) is 41.0 Å². The summed E-state index contributed by atoms with van der Waals surface area (Å²) in [4.78, 5) is 51.1. The minimum Gasteiger partial charge on any atom is -0.480 e. The molecule has 276 valence electrons. The fourth-order valence-corrected chi connectivity index (χ4v) is 6.44. The van der Waals surface area contributed by atoms with Crippen LogP contribution in [0.25, 0.3) is 5.65 Å². The number of pyridine rings is 1. The van der Waals surface area contributed by atoms with E-state index in [1.165, 1.54) is 0 Å². The van der Waals surface area contributed by atoms with E-state index in [9.17, 15) is 14.4 Å². The van der Waals surface area contributed by atoms with Crippen molar-refractivity contribution in [3.05, 3.63) is 89.3 Å². The molecule has 3 N–H and O–H groups in total. The number of hydrogen-bond acceptors (Lipinski definition) is 9. The second-order valence-electron chi connectivity index (χ2n) is 15.6. The number of nitrogens with zero attached hydrogens (tertiary/aromatic N) is 6.